The Hall–Kier alpha value is -3.45. The molecule has 0 spiro atoms. The zero-order chi connectivity index (χ0) is 20.8. The third-order valence-electron chi connectivity index (χ3n) is 4.37. The fourth-order valence-electron chi connectivity index (χ4n) is 2.91. The molecule has 2 aromatic carbocycles. The van der Waals surface area contributed by atoms with E-state index in [1.165, 1.54) is 6.20 Å². The summed E-state index contributed by atoms with van der Waals surface area (Å²) in [6.07, 6.45) is 3.19. The molecular weight excluding hydrogens is 398 g/mol. The first-order valence-corrected chi connectivity index (χ1v) is 10.5. The van der Waals surface area contributed by atoms with Gasteiger partial charge in [-0.15, -0.1) is 11.3 Å². The first kappa shape index (κ1) is 19.8. The van der Waals surface area contributed by atoms with Crippen molar-refractivity contribution in [3.63, 3.8) is 0 Å². The largest absolute Gasteiger partial charge is 0.489 e. The molecule has 0 radical (unpaired) electrons. The van der Waals surface area contributed by atoms with E-state index in [0.29, 0.717) is 25.3 Å². The maximum atomic E-state index is 11.8. The summed E-state index contributed by atoms with van der Waals surface area (Å²) >= 11 is 1.55. The van der Waals surface area contributed by atoms with Gasteiger partial charge in [0.05, 0.1) is 30.6 Å². The Kier molecular flexibility index (Phi) is 6.20. The van der Waals surface area contributed by atoms with Gasteiger partial charge in [0.15, 0.2) is 0 Å². The number of carbonyl (C=O) groups is 1. The van der Waals surface area contributed by atoms with E-state index < -0.39 is 0 Å². The molecule has 2 aromatic heterocycles. The maximum absolute atomic E-state index is 11.8. The van der Waals surface area contributed by atoms with Crippen LogP contribution in [0.3, 0.4) is 0 Å². The lowest BCUT2D eigenvalue weighted by molar-refractivity contribution is 0.0526. The molecule has 0 aliphatic rings. The molecule has 30 heavy (non-hydrogen) atoms. The Bertz CT molecular complexity index is 1120. The van der Waals surface area contributed by atoms with Gasteiger partial charge in [0.2, 0.25) is 0 Å². The third-order valence-corrected chi connectivity index (χ3v) is 5.21. The van der Waals surface area contributed by atoms with E-state index in [0.717, 1.165) is 27.6 Å². The van der Waals surface area contributed by atoms with E-state index >= 15 is 0 Å². The second-order valence-electron chi connectivity index (χ2n) is 6.58. The number of ether oxygens (including phenoxy) is 2. The lowest BCUT2D eigenvalue weighted by atomic mass is 10.1. The lowest BCUT2D eigenvalue weighted by Crippen LogP contribution is -2.04. The molecule has 0 bridgehead atoms. The third kappa shape index (κ3) is 4.93. The van der Waals surface area contributed by atoms with Crippen molar-refractivity contribution >= 4 is 17.3 Å². The van der Waals surface area contributed by atoms with Crippen molar-refractivity contribution in [3.05, 3.63) is 88.5 Å². The minimum absolute atomic E-state index is 0.341. The highest BCUT2D eigenvalue weighted by molar-refractivity contribution is 7.09. The molecule has 4 aromatic rings. The predicted molar refractivity (Wildman–Crippen MR) is 116 cm³/mol. The molecule has 0 saturated carbocycles. The molecule has 0 N–H and O–H groups in total. The molecule has 0 amide bonds. The van der Waals surface area contributed by atoms with Crippen LogP contribution in [0.15, 0.2) is 72.4 Å². The number of nitrogens with zero attached hydrogens (tertiary/aromatic N) is 3. The molecule has 2 heterocycles. The summed E-state index contributed by atoms with van der Waals surface area (Å²) in [4.78, 5) is 16.5. The van der Waals surface area contributed by atoms with Crippen molar-refractivity contribution in [2.24, 2.45) is 0 Å². The van der Waals surface area contributed by atoms with Crippen LogP contribution in [-0.2, 0) is 17.9 Å². The zero-order valence-corrected chi connectivity index (χ0v) is 17.3. The van der Waals surface area contributed by atoms with E-state index in [1.807, 2.05) is 60.0 Å². The summed E-state index contributed by atoms with van der Waals surface area (Å²) in [6, 6.07) is 18.0. The average molecular weight is 420 g/mol. The van der Waals surface area contributed by atoms with E-state index in [-0.39, 0.29) is 5.97 Å². The van der Waals surface area contributed by atoms with Gasteiger partial charge in [0, 0.05) is 17.1 Å². The highest BCUT2D eigenvalue weighted by Gasteiger charge is 2.11. The SMILES string of the molecule is CCOC(=O)c1cnn(Cc2nc(-c3cccc(OCc4ccccc4)c3)cs2)c1. The van der Waals surface area contributed by atoms with Crippen LogP contribution in [0.1, 0.15) is 27.9 Å². The Labute approximate surface area is 178 Å². The monoisotopic (exact) mass is 419 g/mol. The fourth-order valence-corrected chi connectivity index (χ4v) is 3.70. The summed E-state index contributed by atoms with van der Waals surface area (Å²) in [6.45, 7) is 3.14. The Morgan fingerprint density at radius 2 is 2.00 bits per heavy atom. The van der Waals surface area contributed by atoms with Crippen molar-refractivity contribution in [1.29, 1.82) is 0 Å². The maximum Gasteiger partial charge on any atom is 0.341 e. The summed E-state index contributed by atoms with van der Waals surface area (Å²) in [5.74, 6) is 0.438. The van der Waals surface area contributed by atoms with Crippen molar-refractivity contribution < 1.29 is 14.3 Å². The van der Waals surface area contributed by atoms with Crippen LogP contribution in [0.25, 0.3) is 11.3 Å². The number of rotatable bonds is 8. The first-order chi connectivity index (χ1) is 14.7. The van der Waals surface area contributed by atoms with Crippen LogP contribution in [0.2, 0.25) is 0 Å². The molecule has 0 aliphatic heterocycles. The van der Waals surface area contributed by atoms with Gasteiger partial charge in [-0.2, -0.15) is 5.10 Å². The molecule has 0 fully saturated rings. The van der Waals surface area contributed by atoms with Gasteiger partial charge in [0.1, 0.15) is 17.4 Å². The van der Waals surface area contributed by atoms with Crippen molar-refractivity contribution in [1.82, 2.24) is 14.8 Å². The number of aromatic nitrogens is 3. The number of benzene rings is 2. The molecule has 0 atom stereocenters. The fraction of sp³-hybridized carbons (Fsp3) is 0.174. The predicted octanol–water partition coefficient (Wildman–Crippen LogP) is 4.81. The number of thiazole rings is 1. The second-order valence-corrected chi connectivity index (χ2v) is 7.52. The minimum atomic E-state index is -0.365. The van der Waals surface area contributed by atoms with Crippen LogP contribution < -0.4 is 4.74 Å². The molecule has 152 valence electrons. The molecule has 0 unspecified atom stereocenters. The van der Waals surface area contributed by atoms with Crippen molar-refractivity contribution in [3.8, 4) is 17.0 Å². The van der Waals surface area contributed by atoms with Crippen molar-refractivity contribution in [2.75, 3.05) is 6.61 Å². The van der Waals surface area contributed by atoms with Gasteiger partial charge >= 0.3 is 5.97 Å². The molecule has 0 saturated heterocycles. The van der Waals surface area contributed by atoms with Crippen LogP contribution >= 0.6 is 11.3 Å². The number of hydrogen-bond donors (Lipinski definition) is 0. The second kappa shape index (κ2) is 9.37. The zero-order valence-electron chi connectivity index (χ0n) is 16.5. The molecular formula is C23H21N3O3S. The number of carbonyl (C=O) groups excluding carboxylic acids is 1. The molecule has 7 heteroatoms. The smallest absolute Gasteiger partial charge is 0.341 e. The molecule has 0 aliphatic carbocycles. The van der Waals surface area contributed by atoms with E-state index in [2.05, 4.69) is 5.10 Å². The summed E-state index contributed by atoms with van der Waals surface area (Å²) in [5.41, 5.74) is 3.45. The van der Waals surface area contributed by atoms with E-state index in [4.69, 9.17) is 14.5 Å². The summed E-state index contributed by atoms with van der Waals surface area (Å²) in [5, 5.41) is 7.14. The van der Waals surface area contributed by atoms with E-state index in [9.17, 15) is 4.79 Å². The van der Waals surface area contributed by atoms with Gasteiger partial charge < -0.3 is 9.47 Å². The highest BCUT2D eigenvalue weighted by atomic mass is 32.1. The van der Waals surface area contributed by atoms with Crippen LogP contribution in [0.5, 0.6) is 5.75 Å². The van der Waals surface area contributed by atoms with Gasteiger partial charge in [-0.3, -0.25) is 4.68 Å². The molecule has 4 rings (SSSR count). The average Bonchev–Trinajstić information content (AvgIpc) is 3.44. The van der Waals surface area contributed by atoms with Gasteiger partial charge in [0.25, 0.3) is 0 Å². The van der Waals surface area contributed by atoms with Crippen molar-refractivity contribution in [2.45, 2.75) is 20.1 Å². The van der Waals surface area contributed by atoms with Crippen LogP contribution in [-0.4, -0.2) is 27.3 Å². The number of hydrogen-bond acceptors (Lipinski definition) is 6. The summed E-state index contributed by atoms with van der Waals surface area (Å²) in [7, 11) is 0. The standard InChI is InChI=1S/C23H21N3O3S/c1-2-28-23(27)19-12-24-26(13-19)14-22-25-21(16-30-22)18-9-6-10-20(11-18)29-15-17-7-4-3-5-8-17/h3-13,16H,2,14-15H2,1H3. The Balaban J connectivity index is 1.42. The Morgan fingerprint density at radius 3 is 2.83 bits per heavy atom. The van der Waals surface area contributed by atoms with Crippen LogP contribution in [0.4, 0.5) is 0 Å². The minimum Gasteiger partial charge on any atom is -0.489 e. The highest BCUT2D eigenvalue weighted by Crippen LogP contribution is 2.26. The normalized spacial score (nSPS) is 10.7. The molecule has 6 nitrogen and oxygen atoms in total. The van der Waals surface area contributed by atoms with E-state index in [1.54, 1.807) is 29.1 Å². The Morgan fingerprint density at radius 1 is 1.13 bits per heavy atom. The number of esters is 1. The van der Waals surface area contributed by atoms with Gasteiger partial charge in [-0.1, -0.05) is 42.5 Å². The summed E-state index contributed by atoms with van der Waals surface area (Å²) < 4.78 is 12.6. The quantitative estimate of drug-likeness (QED) is 0.384. The lowest BCUT2D eigenvalue weighted by Gasteiger charge is -2.07. The first-order valence-electron chi connectivity index (χ1n) is 9.62. The topological polar surface area (TPSA) is 66.2 Å². The van der Waals surface area contributed by atoms with Crippen LogP contribution in [0, 0.1) is 0 Å². The van der Waals surface area contributed by atoms with Gasteiger partial charge in [-0.25, -0.2) is 9.78 Å². The van der Waals surface area contributed by atoms with Gasteiger partial charge in [-0.05, 0) is 24.6 Å².